The highest BCUT2D eigenvalue weighted by Crippen LogP contribution is 2.36. The van der Waals surface area contributed by atoms with Crippen LogP contribution in [0.1, 0.15) is 12.5 Å². The number of hydrogen-bond donors (Lipinski definition) is 0. The Morgan fingerprint density at radius 2 is 1.19 bits per heavy atom. The summed E-state index contributed by atoms with van der Waals surface area (Å²) in [6, 6.07) is 25.0. The van der Waals surface area contributed by atoms with Crippen LogP contribution < -0.4 is 4.90 Å². The van der Waals surface area contributed by atoms with Gasteiger partial charge in [-0.25, -0.2) is 0 Å². The topological polar surface area (TPSA) is 41.4 Å². The van der Waals surface area contributed by atoms with Crippen LogP contribution in [0.3, 0.4) is 0 Å². The number of pyridine rings is 2. The summed E-state index contributed by atoms with van der Waals surface area (Å²) >= 11 is 0. The summed E-state index contributed by atoms with van der Waals surface area (Å²) < 4.78 is 0. The average Bonchev–Trinajstić information content (AvgIpc) is 2.85. The molecule has 0 amide bonds. The van der Waals surface area contributed by atoms with E-state index in [2.05, 4.69) is 76.5 Å². The number of rotatable bonds is 4. The van der Waals surface area contributed by atoms with E-state index in [1.807, 2.05) is 55.3 Å². The first-order chi connectivity index (χ1) is 15.3. The van der Waals surface area contributed by atoms with E-state index in [0.29, 0.717) is 0 Å². The predicted molar refractivity (Wildman–Crippen MR) is 128 cm³/mol. The van der Waals surface area contributed by atoms with Crippen LogP contribution in [-0.2, 0) is 0 Å². The van der Waals surface area contributed by atoms with E-state index in [4.69, 9.17) is 4.99 Å². The monoisotopic (exact) mass is 402 g/mol. The fourth-order valence-electron chi connectivity index (χ4n) is 3.95. The third kappa shape index (κ3) is 3.76. The lowest BCUT2D eigenvalue weighted by molar-refractivity contribution is 0.748. The second-order valence-electron chi connectivity index (χ2n) is 7.44. The Morgan fingerprint density at radius 3 is 1.87 bits per heavy atom. The molecule has 1 aliphatic heterocycles. The number of aliphatic imine (C=N–C) groups is 1. The molecule has 4 heteroatoms. The number of anilines is 1. The molecule has 0 radical (unpaired) electrons. The number of benzene rings is 2. The molecule has 1 aliphatic rings. The number of para-hydroxylation sites is 1. The molecule has 4 nitrogen and oxygen atoms in total. The SMILES string of the molecule is CC1N=CC(c2ccccc2-c2ccncc2)=CN1c1ccccc1-c1ccncc1. The van der Waals surface area contributed by atoms with Gasteiger partial charge in [-0.1, -0.05) is 42.5 Å². The minimum Gasteiger partial charge on any atom is -0.324 e. The second kappa shape index (κ2) is 8.36. The summed E-state index contributed by atoms with van der Waals surface area (Å²) in [5.74, 6) is 0. The summed E-state index contributed by atoms with van der Waals surface area (Å²) in [5, 5.41) is 0. The van der Waals surface area contributed by atoms with Crippen molar-refractivity contribution < 1.29 is 0 Å². The van der Waals surface area contributed by atoms with Crippen molar-refractivity contribution in [3.8, 4) is 22.3 Å². The van der Waals surface area contributed by atoms with Gasteiger partial charge in [-0.3, -0.25) is 15.0 Å². The molecular weight excluding hydrogens is 380 g/mol. The highest BCUT2D eigenvalue weighted by molar-refractivity contribution is 6.13. The molecule has 0 aliphatic carbocycles. The molecule has 150 valence electrons. The van der Waals surface area contributed by atoms with E-state index < -0.39 is 0 Å². The lowest BCUT2D eigenvalue weighted by Crippen LogP contribution is -2.29. The van der Waals surface area contributed by atoms with Gasteiger partial charge < -0.3 is 4.90 Å². The standard InChI is InChI=1S/C27H22N4/c1-20-30-18-23(25-7-3-2-6-24(25)21-10-14-28-15-11-21)19-31(20)27-9-5-4-8-26(27)22-12-16-29-17-13-22/h2-20H,1H3. The molecule has 0 fully saturated rings. The highest BCUT2D eigenvalue weighted by Gasteiger charge is 2.20. The van der Waals surface area contributed by atoms with Crippen LogP contribution in [0.5, 0.6) is 0 Å². The Balaban J connectivity index is 1.61. The maximum absolute atomic E-state index is 4.82. The van der Waals surface area contributed by atoms with Crippen molar-refractivity contribution in [1.29, 1.82) is 0 Å². The third-order valence-corrected chi connectivity index (χ3v) is 5.51. The maximum atomic E-state index is 4.82. The summed E-state index contributed by atoms with van der Waals surface area (Å²) in [6.07, 6.45) is 11.5. The van der Waals surface area contributed by atoms with Gasteiger partial charge in [0.05, 0.1) is 5.69 Å². The molecule has 2 aromatic carbocycles. The zero-order valence-corrected chi connectivity index (χ0v) is 17.3. The number of allylic oxidation sites excluding steroid dienone is 1. The highest BCUT2D eigenvalue weighted by atomic mass is 15.2. The van der Waals surface area contributed by atoms with Crippen LogP contribution in [0, 0.1) is 0 Å². The molecule has 0 saturated heterocycles. The number of nitrogens with zero attached hydrogens (tertiary/aromatic N) is 4. The lowest BCUT2D eigenvalue weighted by atomic mass is 9.95. The van der Waals surface area contributed by atoms with Gasteiger partial charge in [-0.15, -0.1) is 0 Å². The van der Waals surface area contributed by atoms with E-state index >= 15 is 0 Å². The molecular formula is C27H22N4. The van der Waals surface area contributed by atoms with Crippen LogP contribution >= 0.6 is 0 Å². The molecule has 5 rings (SSSR count). The Kier molecular flexibility index (Phi) is 5.11. The fraction of sp³-hybridized carbons (Fsp3) is 0.0741. The summed E-state index contributed by atoms with van der Waals surface area (Å²) in [5.41, 5.74) is 7.95. The summed E-state index contributed by atoms with van der Waals surface area (Å²) in [6.45, 7) is 2.11. The lowest BCUT2D eigenvalue weighted by Gasteiger charge is -2.31. The Hall–Kier alpha value is -4.05. The summed E-state index contributed by atoms with van der Waals surface area (Å²) in [4.78, 5) is 15.4. The van der Waals surface area contributed by atoms with Gasteiger partial charge in [0, 0.05) is 48.3 Å². The Bertz CT molecular complexity index is 1250. The van der Waals surface area contributed by atoms with Gasteiger partial charge in [-0.2, -0.15) is 0 Å². The van der Waals surface area contributed by atoms with Crippen LogP contribution in [0.4, 0.5) is 5.69 Å². The quantitative estimate of drug-likeness (QED) is 0.415. The molecule has 0 saturated carbocycles. The van der Waals surface area contributed by atoms with E-state index in [1.54, 1.807) is 0 Å². The molecule has 1 unspecified atom stereocenters. The fourth-order valence-corrected chi connectivity index (χ4v) is 3.95. The normalized spacial score (nSPS) is 15.6. The van der Waals surface area contributed by atoms with Gasteiger partial charge >= 0.3 is 0 Å². The molecule has 3 heterocycles. The van der Waals surface area contributed by atoms with Crippen LogP contribution in [-0.4, -0.2) is 22.3 Å². The van der Waals surface area contributed by atoms with Crippen LogP contribution in [0.2, 0.25) is 0 Å². The van der Waals surface area contributed by atoms with E-state index in [1.165, 1.54) is 5.56 Å². The van der Waals surface area contributed by atoms with Crippen LogP contribution in [0.25, 0.3) is 27.8 Å². The average molecular weight is 403 g/mol. The largest absolute Gasteiger partial charge is 0.324 e. The molecule has 0 N–H and O–H groups in total. The molecule has 31 heavy (non-hydrogen) atoms. The predicted octanol–water partition coefficient (Wildman–Crippen LogP) is 6.09. The molecule has 2 aromatic heterocycles. The first-order valence-electron chi connectivity index (χ1n) is 10.3. The van der Waals surface area contributed by atoms with E-state index in [0.717, 1.165) is 33.5 Å². The van der Waals surface area contributed by atoms with Crippen molar-refractivity contribution in [1.82, 2.24) is 9.97 Å². The Morgan fingerprint density at radius 1 is 0.645 bits per heavy atom. The van der Waals surface area contributed by atoms with Gasteiger partial charge in [0.1, 0.15) is 6.17 Å². The number of hydrogen-bond acceptors (Lipinski definition) is 4. The maximum Gasteiger partial charge on any atom is 0.122 e. The van der Waals surface area contributed by atoms with Crippen molar-refractivity contribution >= 4 is 17.5 Å². The smallest absolute Gasteiger partial charge is 0.122 e. The van der Waals surface area contributed by atoms with E-state index in [9.17, 15) is 0 Å². The third-order valence-electron chi connectivity index (χ3n) is 5.51. The zero-order valence-electron chi connectivity index (χ0n) is 17.3. The Labute approximate surface area is 182 Å². The van der Waals surface area contributed by atoms with Gasteiger partial charge in [0.25, 0.3) is 0 Å². The first kappa shape index (κ1) is 18.9. The molecule has 4 aromatic rings. The van der Waals surface area contributed by atoms with Crippen LogP contribution in [0.15, 0.2) is 109 Å². The van der Waals surface area contributed by atoms with Gasteiger partial charge in [0.2, 0.25) is 0 Å². The van der Waals surface area contributed by atoms with E-state index in [-0.39, 0.29) is 6.17 Å². The van der Waals surface area contributed by atoms with Crippen molar-refractivity contribution in [2.24, 2.45) is 4.99 Å². The number of aromatic nitrogens is 2. The van der Waals surface area contributed by atoms with Gasteiger partial charge in [-0.05, 0) is 59.5 Å². The minimum atomic E-state index is -0.000162. The van der Waals surface area contributed by atoms with Crippen molar-refractivity contribution in [2.75, 3.05) is 4.90 Å². The zero-order chi connectivity index (χ0) is 21.0. The molecule has 0 spiro atoms. The van der Waals surface area contributed by atoms with Crippen molar-refractivity contribution in [3.63, 3.8) is 0 Å². The van der Waals surface area contributed by atoms with Gasteiger partial charge in [0.15, 0.2) is 0 Å². The minimum absolute atomic E-state index is 0.000162. The second-order valence-corrected chi connectivity index (χ2v) is 7.44. The molecule has 1 atom stereocenters. The molecule has 0 bridgehead atoms. The summed E-state index contributed by atoms with van der Waals surface area (Å²) in [7, 11) is 0. The van der Waals surface area contributed by atoms with Crippen molar-refractivity contribution in [2.45, 2.75) is 13.1 Å². The van der Waals surface area contributed by atoms with Crippen molar-refractivity contribution in [3.05, 3.63) is 109 Å². The first-order valence-corrected chi connectivity index (χ1v) is 10.3.